The Balaban J connectivity index is 1.53. The summed E-state index contributed by atoms with van der Waals surface area (Å²) in [5.41, 5.74) is -2.54. The van der Waals surface area contributed by atoms with E-state index in [2.05, 4.69) is 33.0 Å². The van der Waals surface area contributed by atoms with Gasteiger partial charge in [0.25, 0.3) is 0 Å². The van der Waals surface area contributed by atoms with Gasteiger partial charge in [-0.25, -0.2) is 0 Å². The summed E-state index contributed by atoms with van der Waals surface area (Å²) in [6.07, 6.45) is 6.94. The van der Waals surface area contributed by atoms with Crippen LogP contribution in [0.5, 0.6) is 0 Å². The van der Waals surface area contributed by atoms with Crippen molar-refractivity contribution in [1.82, 2.24) is 5.32 Å². The van der Waals surface area contributed by atoms with E-state index in [-0.39, 0.29) is 35.0 Å². The lowest BCUT2D eigenvalue weighted by molar-refractivity contribution is -0.221. The molecule has 0 saturated heterocycles. The fourth-order valence-corrected chi connectivity index (χ4v) is 10.9. The Morgan fingerprint density at radius 2 is 1.56 bits per heavy atom. The third-order valence-electron chi connectivity index (χ3n) is 13.9. The second-order valence-corrected chi connectivity index (χ2v) is 16.1. The van der Waals surface area contributed by atoms with E-state index in [1.54, 1.807) is 6.92 Å². The summed E-state index contributed by atoms with van der Waals surface area (Å²) < 4.78 is 5.74. The lowest BCUT2D eigenvalue weighted by Gasteiger charge is -2.70. The van der Waals surface area contributed by atoms with Gasteiger partial charge in [-0.3, -0.25) is 24.0 Å². The molecule has 238 valence electrons. The molecule has 0 radical (unpaired) electrons. The van der Waals surface area contributed by atoms with E-state index in [0.717, 1.165) is 24.8 Å². The number of rotatable bonds is 5. The predicted molar refractivity (Wildman–Crippen MR) is 158 cm³/mol. The molecule has 4 fully saturated rings. The summed E-state index contributed by atoms with van der Waals surface area (Å²) in [7, 11) is 0. The summed E-state index contributed by atoms with van der Waals surface area (Å²) in [4.78, 5) is 63.8. The van der Waals surface area contributed by atoms with Crippen LogP contribution in [-0.2, 0) is 28.7 Å². The van der Waals surface area contributed by atoms with E-state index in [1.165, 1.54) is 6.92 Å². The first-order chi connectivity index (χ1) is 19.8. The molecule has 0 aromatic rings. The number of carboxylic acid groups (broad SMARTS) is 2. The second kappa shape index (κ2) is 9.90. The monoisotopic (exact) mass is 599 g/mol. The summed E-state index contributed by atoms with van der Waals surface area (Å²) in [6.45, 7) is 13.3. The molecule has 0 spiro atoms. The highest BCUT2D eigenvalue weighted by atomic mass is 16.5. The molecule has 43 heavy (non-hydrogen) atoms. The lowest BCUT2D eigenvalue weighted by atomic mass is 9.33. The van der Waals surface area contributed by atoms with Crippen LogP contribution in [0.3, 0.4) is 0 Å². The highest BCUT2D eigenvalue weighted by Crippen LogP contribution is 2.75. The van der Waals surface area contributed by atoms with Crippen molar-refractivity contribution in [3.63, 3.8) is 0 Å². The average molecular weight is 600 g/mol. The molecule has 0 aromatic heterocycles. The van der Waals surface area contributed by atoms with Gasteiger partial charge in [0, 0.05) is 12.8 Å². The molecule has 5 aliphatic rings. The van der Waals surface area contributed by atoms with E-state index in [9.17, 15) is 34.2 Å². The van der Waals surface area contributed by atoms with Crippen molar-refractivity contribution in [2.75, 3.05) is 6.54 Å². The minimum atomic E-state index is -1.40. The van der Waals surface area contributed by atoms with Gasteiger partial charge in [-0.15, -0.1) is 0 Å². The maximum absolute atomic E-state index is 14.5. The fourth-order valence-electron chi connectivity index (χ4n) is 10.9. The highest BCUT2D eigenvalue weighted by Gasteiger charge is 2.72. The molecule has 0 aromatic carbocycles. The SMILES string of the molecule is CC(=O)NCC(=O)O[C@H]1CC[C@@]2(C)[C@@H](CC[C@]3(C)[C@@H]2C(=O)C=C2[C@@H]4C[C@@](C)(C(=O)O)CC[C@]4(C)CC[C@]23C)[C@]1(C)C(=O)O. The van der Waals surface area contributed by atoms with Crippen LogP contribution in [0.15, 0.2) is 11.6 Å². The zero-order valence-corrected chi connectivity index (χ0v) is 26.8. The van der Waals surface area contributed by atoms with Crippen molar-refractivity contribution < 1.29 is 38.9 Å². The molecule has 5 aliphatic carbocycles. The first kappa shape index (κ1) is 31.7. The van der Waals surface area contributed by atoms with Gasteiger partial charge in [0.1, 0.15) is 18.1 Å². The van der Waals surface area contributed by atoms with Crippen LogP contribution in [0.25, 0.3) is 0 Å². The number of esters is 1. The molecule has 10 atom stereocenters. The Bertz CT molecular complexity index is 1310. The number of ketones is 1. The van der Waals surface area contributed by atoms with Gasteiger partial charge in [-0.05, 0) is 111 Å². The molecule has 0 heterocycles. The van der Waals surface area contributed by atoms with Crippen LogP contribution in [0, 0.1) is 50.2 Å². The molecular formula is C34H49NO8. The Labute approximate surface area is 254 Å². The van der Waals surface area contributed by atoms with Gasteiger partial charge < -0.3 is 20.3 Å². The molecule has 1 amide bonds. The zero-order valence-electron chi connectivity index (χ0n) is 26.8. The molecular weight excluding hydrogens is 550 g/mol. The number of allylic oxidation sites excluding steroid dienone is 2. The summed E-state index contributed by atoms with van der Waals surface area (Å²) >= 11 is 0. The summed E-state index contributed by atoms with van der Waals surface area (Å²) in [5, 5.41) is 23.2. The molecule has 3 N–H and O–H groups in total. The lowest BCUT2D eigenvalue weighted by Crippen LogP contribution is -2.68. The van der Waals surface area contributed by atoms with Gasteiger partial charge in [0.05, 0.1) is 5.41 Å². The van der Waals surface area contributed by atoms with Crippen LogP contribution in [0.2, 0.25) is 0 Å². The topological polar surface area (TPSA) is 147 Å². The molecule has 0 bridgehead atoms. The van der Waals surface area contributed by atoms with Crippen LogP contribution in [0.4, 0.5) is 0 Å². The number of hydrogen-bond acceptors (Lipinski definition) is 6. The van der Waals surface area contributed by atoms with Gasteiger partial charge in [0.15, 0.2) is 5.78 Å². The fraction of sp³-hybridized carbons (Fsp3) is 0.794. The van der Waals surface area contributed by atoms with Crippen molar-refractivity contribution in [3.8, 4) is 0 Å². The quantitative estimate of drug-likeness (QED) is 0.367. The smallest absolute Gasteiger partial charge is 0.325 e. The second-order valence-electron chi connectivity index (χ2n) is 16.1. The molecule has 4 saturated carbocycles. The van der Waals surface area contributed by atoms with Crippen molar-refractivity contribution >= 4 is 29.6 Å². The third kappa shape index (κ3) is 4.33. The van der Waals surface area contributed by atoms with Crippen molar-refractivity contribution in [3.05, 3.63) is 11.6 Å². The number of amides is 1. The van der Waals surface area contributed by atoms with E-state index in [1.807, 2.05) is 13.0 Å². The Hall–Kier alpha value is -2.71. The normalized spacial score (nSPS) is 47.0. The first-order valence-electron chi connectivity index (χ1n) is 16.0. The standard InChI is InChI=1S/C34H49NO8/c1-19(36)35-18-25(38)43-24-9-10-31(4)23(34(24,7)28(41)42)8-11-33(6)26(31)22(37)16-20-21-17-30(3,27(39)40)13-12-29(21,2)14-15-32(20,33)5/h16,21,23-24,26H,8-15,17-18H2,1-7H3,(H,35,36)(H,39,40)(H,41,42)/t21-,23+,24-,26+,29+,30-,31-,32+,33+,34-/m0/s1. The number of carbonyl (C=O) groups is 5. The highest BCUT2D eigenvalue weighted by molar-refractivity contribution is 5.96. The maximum Gasteiger partial charge on any atom is 0.325 e. The minimum Gasteiger partial charge on any atom is -0.481 e. The molecule has 9 heteroatoms. The first-order valence-corrected chi connectivity index (χ1v) is 16.0. The van der Waals surface area contributed by atoms with Gasteiger partial charge >= 0.3 is 17.9 Å². The van der Waals surface area contributed by atoms with E-state index in [0.29, 0.717) is 38.5 Å². The predicted octanol–water partition coefficient (Wildman–Crippen LogP) is 5.16. The molecule has 5 rings (SSSR count). The Morgan fingerprint density at radius 3 is 2.16 bits per heavy atom. The van der Waals surface area contributed by atoms with E-state index >= 15 is 0 Å². The third-order valence-corrected chi connectivity index (χ3v) is 13.9. The zero-order chi connectivity index (χ0) is 32.0. The number of ether oxygens (including phenoxy) is 1. The number of fused-ring (bicyclic) bond motifs is 7. The van der Waals surface area contributed by atoms with E-state index in [4.69, 9.17) is 4.74 Å². The largest absolute Gasteiger partial charge is 0.481 e. The van der Waals surface area contributed by atoms with Gasteiger partial charge in [-0.1, -0.05) is 33.3 Å². The summed E-state index contributed by atoms with van der Waals surface area (Å²) in [5.74, 6) is -3.62. The van der Waals surface area contributed by atoms with Crippen LogP contribution >= 0.6 is 0 Å². The van der Waals surface area contributed by atoms with Crippen LogP contribution in [0.1, 0.15) is 106 Å². The minimum absolute atomic E-state index is 0.0106. The molecule has 0 unspecified atom stereocenters. The van der Waals surface area contributed by atoms with Crippen molar-refractivity contribution in [2.24, 2.45) is 50.2 Å². The van der Waals surface area contributed by atoms with Crippen molar-refractivity contribution in [2.45, 2.75) is 112 Å². The Morgan fingerprint density at radius 1 is 0.907 bits per heavy atom. The summed E-state index contributed by atoms with van der Waals surface area (Å²) in [6, 6.07) is 0. The maximum atomic E-state index is 14.5. The van der Waals surface area contributed by atoms with Gasteiger partial charge in [0.2, 0.25) is 5.91 Å². The van der Waals surface area contributed by atoms with Crippen LogP contribution in [-0.4, -0.2) is 52.5 Å². The van der Waals surface area contributed by atoms with E-state index < -0.39 is 57.5 Å². The Kier molecular flexibility index (Phi) is 7.30. The molecule has 0 aliphatic heterocycles. The molecule has 9 nitrogen and oxygen atoms in total. The number of hydrogen-bond donors (Lipinski definition) is 3. The van der Waals surface area contributed by atoms with Gasteiger partial charge in [-0.2, -0.15) is 0 Å². The number of nitrogens with one attached hydrogen (secondary N) is 1. The number of aliphatic carboxylic acids is 2. The van der Waals surface area contributed by atoms with Crippen molar-refractivity contribution in [1.29, 1.82) is 0 Å². The number of carbonyl (C=O) groups excluding carboxylic acids is 3. The average Bonchev–Trinajstić information content (AvgIpc) is 2.91. The van der Waals surface area contributed by atoms with Crippen LogP contribution < -0.4 is 5.32 Å². The number of carboxylic acids is 2.